The van der Waals surface area contributed by atoms with Gasteiger partial charge < -0.3 is 14.8 Å². The Hall–Kier alpha value is -2.17. The van der Waals surface area contributed by atoms with Gasteiger partial charge >= 0.3 is 5.97 Å². The predicted octanol–water partition coefficient (Wildman–Crippen LogP) is 1.16. The maximum atomic E-state index is 12.5. The molecule has 9 nitrogen and oxygen atoms in total. The molecule has 1 aromatic carbocycles. The Kier molecular flexibility index (Phi) is 8.00. The largest absolute Gasteiger partial charge is 0.495 e. The SMILES string of the molecule is CCOC(=O)C1CCN(CC(=O)Nc2ccc(OC)c(S(=O)(=O)N(C)C)c2)CC1. The number of benzene rings is 1. The van der Waals surface area contributed by atoms with E-state index >= 15 is 0 Å². The number of sulfonamides is 1. The first-order valence-electron chi connectivity index (χ1n) is 9.48. The highest BCUT2D eigenvalue weighted by Gasteiger charge is 2.27. The zero-order valence-corrected chi connectivity index (χ0v) is 18.1. The number of hydrogen-bond donors (Lipinski definition) is 1. The van der Waals surface area contributed by atoms with Crippen LogP contribution in [0.1, 0.15) is 19.8 Å². The summed E-state index contributed by atoms with van der Waals surface area (Å²) in [5.41, 5.74) is 0.373. The number of likely N-dealkylation sites (tertiary alicyclic amines) is 1. The lowest BCUT2D eigenvalue weighted by Gasteiger charge is -2.30. The molecule has 10 heteroatoms. The first kappa shape index (κ1) is 23.1. The minimum Gasteiger partial charge on any atom is -0.495 e. The summed E-state index contributed by atoms with van der Waals surface area (Å²) in [7, 11) is 0.531. The number of carbonyl (C=O) groups excluding carboxylic acids is 2. The van der Waals surface area contributed by atoms with Crippen LogP contribution in [-0.4, -0.2) is 76.9 Å². The molecule has 1 saturated heterocycles. The van der Waals surface area contributed by atoms with Crippen LogP contribution < -0.4 is 10.1 Å². The van der Waals surface area contributed by atoms with Crippen LogP contribution in [0.25, 0.3) is 0 Å². The van der Waals surface area contributed by atoms with E-state index in [2.05, 4.69) is 5.32 Å². The smallest absolute Gasteiger partial charge is 0.309 e. The summed E-state index contributed by atoms with van der Waals surface area (Å²) in [4.78, 5) is 26.2. The van der Waals surface area contributed by atoms with Crippen molar-refractivity contribution in [2.75, 3.05) is 52.8 Å². The molecule has 1 aliphatic heterocycles. The van der Waals surface area contributed by atoms with Crippen molar-refractivity contribution in [1.82, 2.24) is 9.21 Å². The maximum absolute atomic E-state index is 12.5. The minimum absolute atomic E-state index is 0.0157. The van der Waals surface area contributed by atoms with Crippen molar-refractivity contribution in [2.24, 2.45) is 5.92 Å². The van der Waals surface area contributed by atoms with Gasteiger partial charge in [0.25, 0.3) is 0 Å². The number of methoxy groups -OCH3 is 1. The number of carbonyl (C=O) groups is 2. The normalized spacial score (nSPS) is 15.9. The van der Waals surface area contributed by atoms with E-state index in [1.165, 1.54) is 33.3 Å². The predicted molar refractivity (Wildman–Crippen MR) is 108 cm³/mol. The average molecular weight is 428 g/mol. The molecule has 2 rings (SSSR count). The Morgan fingerprint density at radius 3 is 2.45 bits per heavy atom. The van der Waals surface area contributed by atoms with Crippen LogP contribution >= 0.6 is 0 Å². The second kappa shape index (κ2) is 10.0. The molecule has 0 spiro atoms. The van der Waals surface area contributed by atoms with Gasteiger partial charge in [0.15, 0.2) is 0 Å². The molecule has 1 fully saturated rings. The highest BCUT2D eigenvalue weighted by molar-refractivity contribution is 7.89. The Morgan fingerprint density at radius 2 is 1.90 bits per heavy atom. The number of ether oxygens (including phenoxy) is 2. The van der Waals surface area contributed by atoms with Gasteiger partial charge in [-0.1, -0.05) is 0 Å². The third-order valence-electron chi connectivity index (χ3n) is 4.78. The number of esters is 1. The fourth-order valence-electron chi connectivity index (χ4n) is 3.14. The van der Waals surface area contributed by atoms with Gasteiger partial charge in [0.2, 0.25) is 15.9 Å². The van der Waals surface area contributed by atoms with Crippen molar-refractivity contribution in [1.29, 1.82) is 0 Å². The maximum Gasteiger partial charge on any atom is 0.309 e. The van der Waals surface area contributed by atoms with E-state index in [-0.39, 0.29) is 35.0 Å². The molecule has 1 amide bonds. The van der Waals surface area contributed by atoms with Gasteiger partial charge in [-0.05, 0) is 51.1 Å². The van der Waals surface area contributed by atoms with Gasteiger partial charge in [-0.3, -0.25) is 14.5 Å². The van der Waals surface area contributed by atoms with Crippen molar-refractivity contribution in [3.8, 4) is 5.75 Å². The fraction of sp³-hybridized carbons (Fsp3) is 0.579. The molecular weight excluding hydrogens is 398 g/mol. The zero-order valence-electron chi connectivity index (χ0n) is 17.3. The van der Waals surface area contributed by atoms with E-state index in [9.17, 15) is 18.0 Å². The lowest BCUT2D eigenvalue weighted by molar-refractivity contribution is -0.149. The number of hydrogen-bond acceptors (Lipinski definition) is 7. The van der Waals surface area contributed by atoms with Crippen molar-refractivity contribution < 1.29 is 27.5 Å². The molecule has 0 atom stereocenters. The minimum atomic E-state index is -3.72. The highest BCUT2D eigenvalue weighted by atomic mass is 32.2. The molecule has 1 heterocycles. The molecule has 0 aliphatic carbocycles. The van der Waals surface area contributed by atoms with Crippen molar-refractivity contribution in [3.63, 3.8) is 0 Å². The molecule has 0 aromatic heterocycles. The van der Waals surface area contributed by atoms with Gasteiger partial charge in [-0.25, -0.2) is 12.7 Å². The number of nitrogens with zero attached hydrogens (tertiary/aromatic N) is 2. The van der Waals surface area contributed by atoms with E-state index in [1.807, 2.05) is 4.90 Å². The molecule has 0 unspecified atom stereocenters. The van der Waals surface area contributed by atoms with E-state index < -0.39 is 10.0 Å². The summed E-state index contributed by atoms with van der Waals surface area (Å²) in [5, 5.41) is 2.74. The first-order valence-corrected chi connectivity index (χ1v) is 10.9. The number of amides is 1. The Balaban J connectivity index is 1.99. The highest BCUT2D eigenvalue weighted by Crippen LogP contribution is 2.29. The van der Waals surface area contributed by atoms with E-state index in [4.69, 9.17) is 9.47 Å². The molecule has 0 saturated carbocycles. The van der Waals surface area contributed by atoms with E-state index in [0.717, 1.165) is 4.31 Å². The monoisotopic (exact) mass is 427 g/mol. The van der Waals surface area contributed by atoms with Crippen LogP contribution in [-0.2, 0) is 24.3 Å². The summed E-state index contributed by atoms with van der Waals surface area (Å²) in [5.74, 6) is -0.338. The lowest BCUT2D eigenvalue weighted by Crippen LogP contribution is -2.41. The summed E-state index contributed by atoms with van der Waals surface area (Å²) >= 11 is 0. The Morgan fingerprint density at radius 1 is 1.24 bits per heavy atom. The summed E-state index contributed by atoms with van der Waals surface area (Å²) in [6.45, 7) is 3.57. The molecular formula is C19H29N3O6S. The van der Waals surface area contributed by atoms with Crippen LogP contribution in [0.2, 0.25) is 0 Å². The summed E-state index contributed by atoms with van der Waals surface area (Å²) in [6.07, 6.45) is 1.31. The fourth-order valence-corrected chi connectivity index (χ4v) is 4.22. The van der Waals surface area contributed by atoms with E-state index in [0.29, 0.717) is 38.2 Å². The van der Waals surface area contributed by atoms with Crippen LogP contribution in [0.5, 0.6) is 5.75 Å². The average Bonchev–Trinajstić information content (AvgIpc) is 2.68. The zero-order chi connectivity index (χ0) is 21.6. The number of rotatable bonds is 8. The molecule has 1 aliphatic rings. The van der Waals surface area contributed by atoms with Gasteiger partial charge in [0.1, 0.15) is 10.6 Å². The Bertz CT molecular complexity index is 832. The van der Waals surface area contributed by atoms with Crippen LogP contribution in [0.15, 0.2) is 23.1 Å². The second-order valence-corrected chi connectivity index (χ2v) is 9.12. The second-order valence-electron chi connectivity index (χ2n) is 7.00. The van der Waals surface area contributed by atoms with Gasteiger partial charge in [-0.15, -0.1) is 0 Å². The van der Waals surface area contributed by atoms with Crippen LogP contribution in [0.3, 0.4) is 0 Å². The third kappa shape index (κ3) is 5.91. The molecule has 162 valence electrons. The number of piperidine rings is 1. The number of anilines is 1. The van der Waals surface area contributed by atoms with Gasteiger partial charge in [-0.2, -0.15) is 0 Å². The van der Waals surface area contributed by atoms with Gasteiger partial charge in [0.05, 0.1) is 26.2 Å². The molecule has 0 bridgehead atoms. The number of nitrogens with one attached hydrogen (secondary N) is 1. The first-order chi connectivity index (χ1) is 13.7. The summed E-state index contributed by atoms with van der Waals surface area (Å²) < 4.78 is 36.3. The lowest BCUT2D eigenvalue weighted by atomic mass is 9.97. The van der Waals surface area contributed by atoms with E-state index in [1.54, 1.807) is 13.0 Å². The topological polar surface area (TPSA) is 105 Å². The quantitative estimate of drug-likeness (QED) is 0.621. The Labute approximate surface area is 172 Å². The van der Waals surface area contributed by atoms with Gasteiger partial charge in [0, 0.05) is 19.8 Å². The molecule has 0 radical (unpaired) electrons. The van der Waals surface area contributed by atoms with Crippen molar-refractivity contribution >= 4 is 27.6 Å². The molecule has 29 heavy (non-hydrogen) atoms. The molecule has 1 aromatic rings. The van der Waals surface area contributed by atoms with Crippen LogP contribution in [0.4, 0.5) is 5.69 Å². The third-order valence-corrected chi connectivity index (χ3v) is 6.62. The van der Waals surface area contributed by atoms with Crippen molar-refractivity contribution in [3.05, 3.63) is 18.2 Å². The molecule has 1 N–H and O–H groups in total. The summed E-state index contributed by atoms with van der Waals surface area (Å²) in [6, 6.07) is 4.49. The standard InChI is InChI=1S/C19H29N3O6S/c1-5-28-19(24)14-8-10-22(11-9-14)13-18(23)20-15-6-7-16(27-4)17(12-15)29(25,26)21(2)3/h6-7,12,14H,5,8-11,13H2,1-4H3,(H,20,23). The van der Waals surface area contributed by atoms with Crippen molar-refractivity contribution in [2.45, 2.75) is 24.7 Å². The van der Waals surface area contributed by atoms with Crippen LogP contribution in [0, 0.1) is 5.92 Å².